The number of benzene rings is 1. The summed E-state index contributed by atoms with van der Waals surface area (Å²) in [5.74, 6) is -0.375. The fourth-order valence-corrected chi connectivity index (χ4v) is 3.94. The maximum absolute atomic E-state index is 14.2. The summed E-state index contributed by atoms with van der Waals surface area (Å²) < 4.78 is 45.4. The molecular weight excluding hydrogens is 357 g/mol. The first kappa shape index (κ1) is 20.4. The van der Waals surface area contributed by atoms with E-state index in [0.29, 0.717) is 0 Å². The van der Waals surface area contributed by atoms with Gasteiger partial charge in [0.1, 0.15) is 5.82 Å². The van der Waals surface area contributed by atoms with Crippen molar-refractivity contribution in [1.29, 1.82) is 0 Å². The van der Waals surface area contributed by atoms with Gasteiger partial charge in [0.2, 0.25) is 10.0 Å². The van der Waals surface area contributed by atoms with E-state index in [4.69, 9.17) is 16.0 Å². The summed E-state index contributed by atoms with van der Waals surface area (Å²) in [5.41, 5.74) is 0.552. The first-order chi connectivity index (χ1) is 10.3. The Balaban J connectivity index is 3.18. The highest BCUT2D eigenvalue weighted by Gasteiger charge is 2.39. The summed E-state index contributed by atoms with van der Waals surface area (Å²) in [4.78, 5) is 0. The molecule has 0 bridgehead atoms. The highest BCUT2D eigenvalue weighted by atomic mass is 35.5. The maximum atomic E-state index is 14.2. The van der Waals surface area contributed by atoms with Gasteiger partial charge in [-0.25, -0.2) is 12.8 Å². The second kappa shape index (κ2) is 7.09. The molecule has 1 atom stereocenters. The monoisotopic (exact) mass is 381 g/mol. The minimum absolute atomic E-state index is 0.0452. The molecule has 0 aromatic heterocycles. The van der Waals surface area contributed by atoms with Gasteiger partial charge < -0.3 is 4.43 Å². The van der Waals surface area contributed by atoms with Crippen molar-refractivity contribution in [2.75, 3.05) is 16.9 Å². The van der Waals surface area contributed by atoms with Crippen LogP contribution in [0.15, 0.2) is 18.2 Å². The molecule has 132 valence electrons. The van der Waals surface area contributed by atoms with Crippen molar-refractivity contribution < 1.29 is 17.2 Å². The van der Waals surface area contributed by atoms with Gasteiger partial charge in [0.15, 0.2) is 8.32 Å². The zero-order valence-corrected chi connectivity index (χ0v) is 17.0. The van der Waals surface area contributed by atoms with Crippen LogP contribution in [0.25, 0.3) is 0 Å². The molecule has 0 aliphatic carbocycles. The number of nitrogens with one attached hydrogen (secondary N) is 1. The molecule has 23 heavy (non-hydrogen) atoms. The van der Waals surface area contributed by atoms with E-state index < -0.39 is 30.3 Å². The third-order valence-electron chi connectivity index (χ3n) is 4.03. The van der Waals surface area contributed by atoms with Gasteiger partial charge >= 0.3 is 0 Å². The summed E-state index contributed by atoms with van der Waals surface area (Å²) in [7, 11) is -5.58. The van der Waals surface area contributed by atoms with Crippen LogP contribution in [0.3, 0.4) is 0 Å². The second-order valence-corrected chi connectivity index (χ2v) is 13.9. The molecule has 0 saturated carbocycles. The van der Waals surface area contributed by atoms with Crippen LogP contribution in [-0.2, 0) is 14.4 Å². The van der Waals surface area contributed by atoms with Crippen LogP contribution in [0.1, 0.15) is 32.4 Å². The number of rotatable bonds is 6. The van der Waals surface area contributed by atoms with Crippen LogP contribution in [0.2, 0.25) is 18.1 Å². The Morgan fingerprint density at radius 3 is 2.35 bits per heavy atom. The molecule has 4 nitrogen and oxygen atoms in total. The van der Waals surface area contributed by atoms with Crippen LogP contribution in [-0.4, -0.2) is 28.9 Å². The summed E-state index contributed by atoms with van der Waals surface area (Å²) in [5, 5.41) is -0.0452. The van der Waals surface area contributed by atoms with E-state index in [2.05, 4.69) is 38.6 Å². The Morgan fingerprint density at radius 1 is 1.35 bits per heavy atom. The highest BCUT2D eigenvalue weighted by Crippen LogP contribution is 2.40. The molecule has 0 aliphatic heterocycles. The average molecular weight is 382 g/mol. The van der Waals surface area contributed by atoms with Gasteiger partial charge in [-0.15, -0.1) is 11.6 Å². The second-order valence-electron chi connectivity index (χ2n) is 7.13. The Labute approximate surface area is 144 Å². The summed E-state index contributed by atoms with van der Waals surface area (Å²) in [6, 6.07) is 4.03. The van der Waals surface area contributed by atoms with Crippen LogP contribution >= 0.6 is 11.6 Å². The zero-order valence-electron chi connectivity index (χ0n) is 14.4. The Hall–Kier alpha value is -0.633. The average Bonchev–Trinajstić information content (AvgIpc) is 2.35. The highest BCUT2D eigenvalue weighted by molar-refractivity contribution is 7.92. The standard InChI is InChI=1S/C15H25ClFNO3SSi/c1-15(2,3)23(5,6)21-14(10-16)12-9-11(7-8-13(12)17)18-22(4,19)20/h7-9,14,18H,10H2,1-6H3/t14-/m0/s1. The molecule has 1 N–H and O–H groups in total. The summed E-state index contributed by atoms with van der Waals surface area (Å²) in [6.45, 7) is 10.4. The molecule has 8 heteroatoms. The van der Waals surface area contributed by atoms with E-state index in [9.17, 15) is 12.8 Å². The first-order valence-corrected chi connectivity index (χ1v) is 12.6. The molecule has 0 amide bonds. The van der Waals surface area contributed by atoms with Crippen LogP contribution in [0.5, 0.6) is 0 Å². The molecule has 1 aromatic carbocycles. The maximum Gasteiger partial charge on any atom is 0.229 e. The van der Waals surface area contributed by atoms with Gasteiger partial charge in [0, 0.05) is 11.3 Å². The normalized spacial score (nSPS) is 14.6. The quantitative estimate of drug-likeness (QED) is 0.583. The third-order valence-corrected chi connectivity index (χ3v) is 9.40. The van der Waals surface area contributed by atoms with E-state index in [1.807, 2.05) is 0 Å². The van der Waals surface area contributed by atoms with Crippen LogP contribution in [0, 0.1) is 5.82 Å². The van der Waals surface area contributed by atoms with Crippen molar-refractivity contribution in [2.45, 2.75) is 45.0 Å². The van der Waals surface area contributed by atoms with Gasteiger partial charge in [-0.2, -0.15) is 0 Å². The largest absolute Gasteiger partial charge is 0.409 e. The number of alkyl halides is 1. The lowest BCUT2D eigenvalue weighted by Crippen LogP contribution is -2.42. The Kier molecular flexibility index (Phi) is 6.29. The molecule has 0 fully saturated rings. The van der Waals surface area contributed by atoms with E-state index in [1.54, 1.807) is 0 Å². The topological polar surface area (TPSA) is 55.4 Å². The predicted octanol–water partition coefficient (Wildman–Crippen LogP) is 4.50. The van der Waals surface area contributed by atoms with Crippen molar-refractivity contribution >= 4 is 35.6 Å². The molecule has 1 aromatic rings. The van der Waals surface area contributed by atoms with Gasteiger partial charge in [-0.1, -0.05) is 20.8 Å². The predicted molar refractivity (Wildman–Crippen MR) is 96.6 cm³/mol. The SMILES string of the molecule is CC(C)(C)[Si](C)(C)O[C@@H](CCl)c1cc(NS(C)(=O)=O)ccc1F. The lowest BCUT2D eigenvalue weighted by atomic mass is 10.1. The summed E-state index contributed by atoms with van der Waals surface area (Å²) in [6.07, 6.45) is 0.417. The molecule has 0 heterocycles. The Morgan fingerprint density at radius 2 is 1.91 bits per heavy atom. The van der Waals surface area contributed by atoms with Crippen molar-refractivity contribution in [2.24, 2.45) is 0 Å². The number of anilines is 1. The molecule has 0 spiro atoms. The third kappa shape index (κ3) is 5.74. The zero-order chi connectivity index (χ0) is 18.1. The fourth-order valence-electron chi connectivity index (χ4n) is 1.78. The van der Waals surface area contributed by atoms with Crippen LogP contribution < -0.4 is 4.72 Å². The van der Waals surface area contributed by atoms with E-state index in [1.165, 1.54) is 18.2 Å². The molecule has 1 rings (SSSR count). The molecular formula is C15H25ClFNO3SSi. The summed E-state index contributed by atoms with van der Waals surface area (Å²) >= 11 is 6.01. The lowest BCUT2D eigenvalue weighted by Gasteiger charge is -2.39. The molecule has 0 saturated heterocycles. The van der Waals surface area contributed by atoms with Gasteiger partial charge in [-0.3, -0.25) is 4.72 Å². The van der Waals surface area contributed by atoms with Crippen molar-refractivity contribution in [1.82, 2.24) is 0 Å². The van der Waals surface area contributed by atoms with Gasteiger partial charge in [0.25, 0.3) is 0 Å². The van der Waals surface area contributed by atoms with Gasteiger partial charge in [0.05, 0.1) is 18.2 Å². The van der Waals surface area contributed by atoms with Gasteiger partial charge in [-0.05, 0) is 36.3 Å². The molecule has 0 radical (unpaired) electrons. The number of hydrogen-bond acceptors (Lipinski definition) is 3. The van der Waals surface area contributed by atoms with Crippen LogP contribution in [0.4, 0.5) is 10.1 Å². The minimum atomic E-state index is -3.44. The number of hydrogen-bond donors (Lipinski definition) is 1. The fraction of sp³-hybridized carbons (Fsp3) is 0.600. The van der Waals surface area contributed by atoms with Crippen molar-refractivity contribution in [3.05, 3.63) is 29.6 Å². The molecule has 0 aliphatic rings. The lowest BCUT2D eigenvalue weighted by molar-refractivity contribution is 0.201. The minimum Gasteiger partial charge on any atom is -0.409 e. The first-order valence-electron chi connectivity index (χ1n) is 7.28. The van der Waals surface area contributed by atoms with Crippen molar-refractivity contribution in [3.63, 3.8) is 0 Å². The van der Waals surface area contributed by atoms with E-state index in [-0.39, 0.29) is 22.2 Å². The Bertz CT molecular complexity index is 659. The number of sulfonamides is 1. The smallest absolute Gasteiger partial charge is 0.229 e. The van der Waals surface area contributed by atoms with E-state index in [0.717, 1.165) is 6.26 Å². The van der Waals surface area contributed by atoms with E-state index >= 15 is 0 Å². The number of halogens is 2. The molecule has 0 unspecified atom stereocenters. The van der Waals surface area contributed by atoms with Crippen molar-refractivity contribution in [3.8, 4) is 0 Å².